The standard InChI is InChI=1S/C17H17ClN2O6S2/c18-13-9-12-6-7-20(14(17(21)22)8-11-4-2-1-3-5-11)28(25,26)15(12)10-16(13)27(19,23)24/h1-5,9-10,14H,6-8H2,(H,21,22)(H2,19,23,24). The Hall–Kier alpha value is -1.98. The van der Waals surface area contributed by atoms with Gasteiger partial charge in [-0.2, -0.15) is 4.31 Å². The fourth-order valence-corrected chi connectivity index (χ4v) is 6.22. The first kappa shape index (κ1) is 20.7. The van der Waals surface area contributed by atoms with Gasteiger partial charge in [-0.3, -0.25) is 4.79 Å². The number of carbonyl (C=O) groups is 1. The number of nitrogens with two attached hydrogens (primary N) is 1. The van der Waals surface area contributed by atoms with Crippen LogP contribution in [0.15, 0.2) is 52.3 Å². The molecule has 3 rings (SSSR count). The zero-order valence-electron chi connectivity index (χ0n) is 14.4. The molecule has 0 saturated heterocycles. The van der Waals surface area contributed by atoms with Crippen molar-refractivity contribution in [1.82, 2.24) is 4.31 Å². The Labute approximate surface area is 167 Å². The summed E-state index contributed by atoms with van der Waals surface area (Å²) in [6.07, 6.45) is 0.165. The average Bonchev–Trinajstić information content (AvgIpc) is 2.59. The highest BCUT2D eigenvalue weighted by molar-refractivity contribution is 7.90. The van der Waals surface area contributed by atoms with Crippen molar-refractivity contribution >= 4 is 37.6 Å². The summed E-state index contributed by atoms with van der Waals surface area (Å²) in [6, 6.07) is 9.45. The first-order valence-electron chi connectivity index (χ1n) is 8.15. The number of hydrogen-bond acceptors (Lipinski definition) is 5. The molecule has 0 amide bonds. The van der Waals surface area contributed by atoms with Crippen molar-refractivity contribution in [3.63, 3.8) is 0 Å². The Morgan fingerprint density at radius 2 is 1.89 bits per heavy atom. The van der Waals surface area contributed by atoms with Crippen molar-refractivity contribution in [1.29, 1.82) is 0 Å². The molecule has 150 valence electrons. The van der Waals surface area contributed by atoms with E-state index in [1.165, 1.54) is 6.07 Å². The molecule has 0 radical (unpaired) electrons. The number of hydrogen-bond donors (Lipinski definition) is 2. The van der Waals surface area contributed by atoms with E-state index >= 15 is 0 Å². The van der Waals surface area contributed by atoms with E-state index in [-0.39, 0.29) is 29.3 Å². The zero-order valence-corrected chi connectivity index (χ0v) is 16.8. The van der Waals surface area contributed by atoms with Gasteiger partial charge in [-0.1, -0.05) is 41.9 Å². The first-order chi connectivity index (χ1) is 13.0. The molecule has 28 heavy (non-hydrogen) atoms. The van der Waals surface area contributed by atoms with Gasteiger partial charge in [0.05, 0.1) is 9.92 Å². The molecule has 0 fully saturated rings. The molecular formula is C17H17ClN2O6S2. The summed E-state index contributed by atoms with van der Waals surface area (Å²) in [5.41, 5.74) is 0.981. The van der Waals surface area contributed by atoms with Crippen molar-refractivity contribution in [3.05, 3.63) is 58.6 Å². The van der Waals surface area contributed by atoms with Gasteiger partial charge in [0.15, 0.2) is 0 Å². The lowest BCUT2D eigenvalue weighted by molar-refractivity contribution is -0.141. The third-order valence-corrected chi connectivity index (χ3v) is 7.88. The fraction of sp³-hybridized carbons (Fsp3) is 0.235. The molecule has 11 heteroatoms. The van der Waals surface area contributed by atoms with Crippen molar-refractivity contribution in [2.75, 3.05) is 6.54 Å². The highest BCUT2D eigenvalue weighted by Gasteiger charge is 2.40. The summed E-state index contributed by atoms with van der Waals surface area (Å²) in [7, 11) is -8.52. The van der Waals surface area contributed by atoms with Crippen LogP contribution in [0.5, 0.6) is 0 Å². The highest BCUT2D eigenvalue weighted by atomic mass is 35.5. The average molecular weight is 445 g/mol. The molecule has 0 saturated carbocycles. The van der Waals surface area contributed by atoms with Gasteiger partial charge < -0.3 is 5.11 Å². The molecular weight excluding hydrogens is 428 g/mol. The largest absolute Gasteiger partial charge is 0.480 e. The molecule has 1 aliphatic rings. The maximum atomic E-state index is 13.1. The molecule has 2 aromatic carbocycles. The fourth-order valence-electron chi connectivity index (χ4n) is 3.18. The van der Waals surface area contributed by atoms with Gasteiger partial charge >= 0.3 is 5.97 Å². The van der Waals surface area contributed by atoms with Gasteiger partial charge in [0.25, 0.3) is 0 Å². The maximum Gasteiger partial charge on any atom is 0.322 e. The lowest BCUT2D eigenvalue weighted by atomic mass is 10.1. The topological polar surface area (TPSA) is 135 Å². The lowest BCUT2D eigenvalue weighted by Gasteiger charge is -2.33. The Balaban J connectivity index is 2.07. The molecule has 2 aromatic rings. The summed E-state index contributed by atoms with van der Waals surface area (Å²) < 4.78 is 50.5. The SMILES string of the molecule is NS(=O)(=O)c1cc2c(cc1Cl)CCN(C(Cc1ccccc1)C(=O)O)S2(=O)=O. The van der Waals surface area contributed by atoms with Crippen LogP contribution in [-0.2, 0) is 37.7 Å². The van der Waals surface area contributed by atoms with Gasteiger partial charge in [0, 0.05) is 6.54 Å². The van der Waals surface area contributed by atoms with E-state index in [9.17, 15) is 26.7 Å². The van der Waals surface area contributed by atoms with E-state index in [2.05, 4.69) is 0 Å². The number of carboxylic acid groups (broad SMARTS) is 1. The number of aliphatic carboxylic acids is 1. The van der Waals surface area contributed by atoms with Crippen molar-refractivity contribution < 1.29 is 26.7 Å². The minimum atomic E-state index is -4.27. The van der Waals surface area contributed by atoms with Crippen LogP contribution in [0.1, 0.15) is 11.1 Å². The highest BCUT2D eigenvalue weighted by Crippen LogP contribution is 2.34. The number of nitrogens with zero attached hydrogens (tertiary/aromatic N) is 1. The van der Waals surface area contributed by atoms with E-state index in [4.69, 9.17) is 16.7 Å². The Morgan fingerprint density at radius 3 is 2.46 bits per heavy atom. The molecule has 0 spiro atoms. The third kappa shape index (κ3) is 3.91. The first-order valence-corrected chi connectivity index (χ1v) is 11.5. The van der Waals surface area contributed by atoms with Crippen molar-refractivity contribution in [2.45, 2.75) is 28.7 Å². The van der Waals surface area contributed by atoms with E-state index in [0.717, 1.165) is 10.4 Å². The number of carboxylic acids is 1. The molecule has 1 heterocycles. The van der Waals surface area contributed by atoms with Crippen LogP contribution >= 0.6 is 11.6 Å². The van der Waals surface area contributed by atoms with Gasteiger partial charge in [0.2, 0.25) is 20.0 Å². The van der Waals surface area contributed by atoms with Crippen LogP contribution in [0.4, 0.5) is 0 Å². The summed E-state index contributed by atoms with van der Waals surface area (Å²) in [6.45, 7) is -0.0653. The number of primary sulfonamides is 1. The molecule has 8 nitrogen and oxygen atoms in total. The van der Waals surface area contributed by atoms with Gasteiger partial charge in [-0.15, -0.1) is 0 Å². The maximum absolute atomic E-state index is 13.1. The second-order valence-electron chi connectivity index (χ2n) is 6.34. The number of fused-ring (bicyclic) bond motifs is 1. The minimum Gasteiger partial charge on any atom is -0.480 e. The van der Waals surface area contributed by atoms with Crippen LogP contribution in [0.3, 0.4) is 0 Å². The number of rotatable bonds is 5. The molecule has 3 N–H and O–H groups in total. The van der Waals surface area contributed by atoms with E-state index in [1.54, 1.807) is 30.3 Å². The predicted octanol–water partition coefficient (Wildman–Crippen LogP) is 1.23. The number of halogens is 1. The third-order valence-electron chi connectivity index (χ3n) is 4.51. The minimum absolute atomic E-state index is 0.0274. The molecule has 1 atom stereocenters. The molecule has 0 aliphatic carbocycles. The van der Waals surface area contributed by atoms with E-state index in [0.29, 0.717) is 11.1 Å². The van der Waals surface area contributed by atoms with Gasteiger partial charge in [-0.05, 0) is 36.1 Å². The van der Waals surface area contributed by atoms with E-state index < -0.39 is 37.0 Å². The van der Waals surface area contributed by atoms with E-state index in [1.807, 2.05) is 0 Å². The molecule has 1 unspecified atom stereocenters. The number of benzene rings is 2. The summed E-state index contributed by atoms with van der Waals surface area (Å²) in [5, 5.41) is 14.6. The summed E-state index contributed by atoms with van der Waals surface area (Å²) in [5.74, 6) is -1.29. The lowest BCUT2D eigenvalue weighted by Crippen LogP contribution is -2.49. The van der Waals surface area contributed by atoms with Crippen LogP contribution in [0.2, 0.25) is 5.02 Å². The zero-order chi connectivity index (χ0) is 20.7. The van der Waals surface area contributed by atoms with Crippen molar-refractivity contribution in [2.24, 2.45) is 5.14 Å². The van der Waals surface area contributed by atoms with Gasteiger partial charge in [-0.25, -0.2) is 22.0 Å². The van der Waals surface area contributed by atoms with Gasteiger partial charge in [0.1, 0.15) is 10.9 Å². The van der Waals surface area contributed by atoms with Crippen molar-refractivity contribution in [3.8, 4) is 0 Å². The Kier molecular flexibility index (Phi) is 5.52. The predicted molar refractivity (Wildman–Crippen MR) is 102 cm³/mol. The second-order valence-corrected chi connectivity index (χ2v) is 10.1. The summed E-state index contributed by atoms with van der Waals surface area (Å²) >= 11 is 5.93. The normalized spacial score (nSPS) is 17.6. The van der Waals surface area contributed by atoms with Crippen LogP contribution < -0.4 is 5.14 Å². The second kappa shape index (κ2) is 7.45. The summed E-state index contributed by atoms with van der Waals surface area (Å²) in [4.78, 5) is 11.0. The Morgan fingerprint density at radius 1 is 1.25 bits per heavy atom. The smallest absolute Gasteiger partial charge is 0.322 e. The Bertz CT molecular complexity index is 1130. The molecule has 1 aliphatic heterocycles. The number of sulfonamides is 2. The van der Waals surface area contributed by atoms with Crippen LogP contribution in [-0.4, -0.2) is 44.8 Å². The van der Waals surface area contributed by atoms with Crippen LogP contribution in [0, 0.1) is 0 Å². The molecule has 0 bridgehead atoms. The molecule has 0 aromatic heterocycles. The van der Waals surface area contributed by atoms with Crippen LogP contribution in [0.25, 0.3) is 0 Å². The monoisotopic (exact) mass is 444 g/mol. The quantitative estimate of drug-likeness (QED) is 0.712.